The van der Waals surface area contributed by atoms with Gasteiger partial charge in [-0.2, -0.15) is 13.2 Å². The number of pyridine rings is 1. The van der Waals surface area contributed by atoms with Crippen molar-refractivity contribution >= 4 is 16.9 Å². The van der Waals surface area contributed by atoms with Crippen LogP contribution < -0.4 is 5.73 Å². The lowest BCUT2D eigenvalue weighted by molar-refractivity contribution is -0.137. The molecule has 3 N–H and O–H groups in total. The zero-order valence-electron chi connectivity index (χ0n) is 11.6. The fraction of sp³-hybridized carbons (Fsp3) is 0.214. The number of nitrogen functional groups attached to an aromatic ring is 1. The molecule has 1 aromatic carbocycles. The lowest BCUT2D eigenvalue weighted by Gasteiger charge is -2.11. The number of hydrogen-bond acceptors (Lipinski definition) is 6. The van der Waals surface area contributed by atoms with Crippen LogP contribution in [0.1, 0.15) is 22.4 Å². The van der Waals surface area contributed by atoms with E-state index in [9.17, 15) is 18.3 Å². The Balaban J connectivity index is 1.99. The van der Waals surface area contributed by atoms with Crippen LogP contribution in [0.15, 0.2) is 28.9 Å². The number of aliphatic hydroxyl groups is 1. The molecule has 0 amide bonds. The Hall–Kier alpha value is -2.68. The summed E-state index contributed by atoms with van der Waals surface area (Å²) in [6.45, 7) is -0.386. The Kier molecular flexibility index (Phi) is 3.64. The number of fused-ring (bicyclic) bond motifs is 1. The summed E-state index contributed by atoms with van der Waals surface area (Å²) in [4.78, 5) is 4.09. The van der Waals surface area contributed by atoms with Crippen molar-refractivity contribution in [3.05, 3.63) is 46.6 Å². The van der Waals surface area contributed by atoms with Gasteiger partial charge in [-0.25, -0.2) is 9.61 Å². The van der Waals surface area contributed by atoms with Crippen LogP contribution in [-0.4, -0.2) is 20.4 Å². The van der Waals surface area contributed by atoms with Gasteiger partial charge in [0.1, 0.15) is 0 Å². The molecular weight excluding hydrogens is 313 g/mol. The predicted octanol–water partition coefficient (Wildman–Crippen LogP) is 2.30. The Labute approximate surface area is 127 Å². The quantitative estimate of drug-likeness (QED) is 0.767. The van der Waals surface area contributed by atoms with Gasteiger partial charge >= 0.3 is 6.18 Å². The van der Waals surface area contributed by atoms with E-state index in [4.69, 9.17) is 5.73 Å². The summed E-state index contributed by atoms with van der Waals surface area (Å²) in [7, 11) is 0. The van der Waals surface area contributed by atoms with E-state index in [0.29, 0.717) is 11.1 Å². The van der Waals surface area contributed by atoms with E-state index in [1.54, 1.807) is 0 Å². The third kappa shape index (κ3) is 2.82. The van der Waals surface area contributed by atoms with Crippen molar-refractivity contribution < 1.29 is 22.9 Å². The molecule has 2 heterocycles. The second-order valence-electron chi connectivity index (χ2n) is 4.92. The highest BCUT2D eigenvalue weighted by molar-refractivity contribution is 5.85. The zero-order valence-corrected chi connectivity index (χ0v) is 11.6. The van der Waals surface area contributed by atoms with Crippen LogP contribution in [0.5, 0.6) is 0 Å². The molecule has 0 aliphatic rings. The molecule has 0 bridgehead atoms. The predicted molar refractivity (Wildman–Crippen MR) is 74.2 cm³/mol. The number of nitrogens with two attached hydrogens (primary N) is 1. The maximum atomic E-state index is 12.6. The van der Waals surface area contributed by atoms with Crippen LogP contribution in [0, 0.1) is 0 Å². The first-order chi connectivity index (χ1) is 10.9. The van der Waals surface area contributed by atoms with Gasteiger partial charge in [-0.05, 0) is 28.0 Å². The van der Waals surface area contributed by atoms with Crippen LogP contribution >= 0.6 is 0 Å². The van der Waals surface area contributed by atoms with Crippen LogP contribution in [0.4, 0.5) is 18.9 Å². The van der Waals surface area contributed by atoms with Crippen LogP contribution in [0.25, 0.3) is 11.2 Å². The third-order valence-electron chi connectivity index (χ3n) is 3.45. The van der Waals surface area contributed by atoms with E-state index >= 15 is 0 Å². The summed E-state index contributed by atoms with van der Waals surface area (Å²) in [6.07, 6.45) is -4.18. The normalized spacial score (nSPS) is 12.0. The molecule has 0 saturated heterocycles. The summed E-state index contributed by atoms with van der Waals surface area (Å²) in [5.74, 6) is 0. The van der Waals surface area contributed by atoms with Gasteiger partial charge in [0, 0.05) is 12.0 Å². The molecule has 9 heteroatoms. The molecule has 0 unspecified atom stereocenters. The second-order valence-corrected chi connectivity index (χ2v) is 4.92. The van der Waals surface area contributed by atoms with Crippen molar-refractivity contribution in [3.8, 4) is 0 Å². The van der Waals surface area contributed by atoms with Crippen molar-refractivity contribution in [2.75, 3.05) is 5.73 Å². The maximum absolute atomic E-state index is 12.6. The highest BCUT2D eigenvalue weighted by atomic mass is 19.4. The van der Waals surface area contributed by atoms with E-state index in [1.165, 1.54) is 12.1 Å². The Morgan fingerprint density at radius 2 is 1.83 bits per heavy atom. The molecule has 0 aliphatic heterocycles. The van der Waals surface area contributed by atoms with Gasteiger partial charge in [0.2, 0.25) is 5.65 Å². The molecule has 120 valence electrons. The highest BCUT2D eigenvalue weighted by Gasteiger charge is 2.30. The maximum Gasteiger partial charge on any atom is 0.416 e. The minimum Gasteiger partial charge on any atom is -0.396 e. The molecule has 3 rings (SSSR count). The van der Waals surface area contributed by atoms with Gasteiger partial charge in [0.05, 0.1) is 23.6 Å². The second kappa shape index (κ2) is 5.51. The largest absolute Gasteiger partial charge is 0.416 e. The molecule has 2 aromatic heterocycles. The lowest BCUT2D eigenvalue weighted by atomic mass is 10.0. The van der Waals surface area contributed by atoms with Gasteiger partial charge in [0.15, 0.2) is 5.52 Å². The smallest absolute Gasteiger partial charge is 0.396 e. The topological polar surface area (TPSA) is 98.1 Å². The number of alkyl halides is 3. The molecule has 23 heavy (non-hydrogen) atoms. The molecule has 6 nitrogen and oxygen atoms in total. The number of aliphatic hydroxyl groups excluding tert-OH is 1. The van der Waals surface area contributed by atoms with Gasteiger partial charge in [0.25, 0.3) is 0 Å². The summed E-state index contributed by atoms with van der Waals surface area (Å²) in [6, 6.07) is 4.70. The molecule has 0 spiro atoms. The fourth-order valence-electron chi connectivity index (χ4n) is 2.26. The first kappa shape index (κ1) is 15.2. The number of hydrogen-bond donors (Lipinski definition) is 2. The molecule has 0 saturated carbocycles. The number of nitrogens with zero attached hydrogens (tertiary/aromatic N) is 3. The molecule has 0 aliphatic carbocycles. The van der Waals surface area contributed by atoms with Crippen molar-refractivity contribution in [2.24, 2.45) is 0 Å². The van der Waals surface area contributed by atoms with Gasteiger partial charge in [-0.15, -0.1) is 0 Å². The van der Waals surface area contributed by atoms with E-state index in [2.05, 4.69) is 19.9 Å². The minimum absolute atomic E-state index is 0.169. The molecular formula is C14H11F3N4O2. The molecule has 0 radical (unpaired) electrons. The van der Waals surface area contributed by atoms with E-state index < -0.39 is 11.7 Å². The van der Waals surface area contributed by atoms with Gasteiger partial charge in [-0.1, -0.05) is 12.1 Å². The summed E-state index contributed by atoms with van der Waals surface area (Å²) in [5.41, 5.74) is 7.28. The number of anilines is 1. The minimum atomic E-state index is -4.39. The molecule has 0 fully saturated rings. The average molecular weight is 324 g/mol. The van der Waals surface area contributed by atoms with Crippen molar-refractivity contribution in [1.82, 2.24) is 15.3 Å². The highest BCUT2D eigenvalue weighted by Crippen LogP contribution is 2.30. The molecule has 3 aromatic rings. The van der Waals surface area contributed by atoms with E-state index in [0.717, 1.165) is 12.1 Å². The first-order valence-corrected chi connectivity index (χ1v) is 6.56. The SMILES string of the molecule is Nc1c(Cc2ccc(C(F)(F)F)cc2)c(CO)nc2nonc12. The number of rotatable bonds is 3. The average Bonchev–Trinajstić information content (AvgIpc) is 2.98. The monoisotopic (exact) mass is 324 g/mol. The van der Waals surface area contributed by atoms with E-state index in [-0.39, 0.29) is 35.6 Å². The van der Waals surface area contributed by atoms with Crippen molar-refractivity contribution in [1.29, 1.82) is 0 Å². The number of halogens is 3. The summed E-state index contributed by atoms with van der Waals surface area (Å²) in [5, 5.41) is 16.6. The first-order valence-electron chi connectivity index (χ1n) is 6.56. The summed E-state index contributed by atoms with van der Waals surface area (Å²) >= 11 is 0. The zero-order chi connectivity index (χ0) is 16.6. The van der Waals surface area contributed by atoms with E-state index in [1.807, 2.05) is 0 Å². The Bertz CT molecular complexity index is 844. The van der Waals surface area contributed by atoms with Gasteiger partial charge in [-0.3, -0.25) is 0 Å². The van der Waals surface area contributed by atoms with Gasteiger partial charge < -0.3 is 10.8 Å². The standard InChI is InChI=1S/C14H11F3N4O2/c15-14(16,17)8-3-1-7(2-4-8)5-9-10(6-22)19-13-12(11(9)18)20-23-21-13/h1-4,22H,5-6,18H2. The molecule has 0 atom stereocenters. The van der Waals surface area contributed by atoms with Crippen LogP contribution in [0.3, 0.4) is 0 Å². The van der Waals surface area contributed by atoms with Crippen LogP contribution in [0.2, 0.25) is 0 Å². The number of benzene rings is 1. The fourth-order valence-corrected chi connectivity index (χ4v) is 2.26. The lowest BCUT2D eigenvalue weighted by Crippen LogP contribution is -2.07. The third-order valence-corrected chi connectivity index (χ3v) is 3.45. The Morgan fingerprint density at radius 1 is 1.13 bits per heavy atom. The Morgan fingerprint density at radius 3 is 2.43 bits per heavy atom. The van der Waals surface area contributed by atoms with Crippen molar-refractivity contribution in [2.45, 2.75) is 19.2 Å². The van der Waals surface area contributed by atoms with Crippen molar-refractivity contribution in [3.63, 3.8) is 0 Å². The van der Waals surface area contributed by atoms with Crippen LogP contribution in [-0.2, 0) is 19.2 Å². The number of aromatic nitrogens is 3. The summed E-state index contributed by atoms with van der Waals surface area (Å²) < 4.78 is 42.3.